The molecular weight excluding hydrogens is 364 g/mol. The van der Waals surface area contributed by atoms with E-state index >= 15 is 0 Å². The van der Waals surface area contributed by atoms with E-state index in [2.05, 4.69) is 11.1 Å². The van der Waals surface area contributed by atoms with Crippen LogP contribution in [0.25, 0.3) is 21.0 Å². The Morgan fingerprint density at radius 3 is 2.65 bits per heavy atom. The van der Waals surface area contributed by atoms with Crippen molar-refractivity contribution in [1.82, 2.24) is 9.88 Å². The molecule has 0 atom stereocenters. The molecule has 0 spiro atoms. The van der Waals surface area contributed by atoms with E-state index in [4.69, 9.17) is 11.6 Å². The number of aromatic nitrogens is 1. The molecule has 0 saturated carbocycles. The lowest BCUT2D eigenvalue weighted by Gasteiger charge is -2.16. The average molecular weight is 381 g/mol. The Labute approximate surface area is 160 Å². The van der Waals surface area contributed by atoms with Gasteiger partial charge in [0.25, 0.3) is 5.91 Å². The van der Waals surface area contributed by atoms with Gasteiger partial charge in [-0.1, -0.05) is 53.6 Å². The third-order valence-electron chi connectivity index (χ3n) is 4.39. The molecule has 130 valence electrons. The molecule has 2 aromatic carbocycles. The van der Waals surface area contributed by atoms with Crippen molar-refractivity contribution in [2.75, 3.05) is 7.05 Å². The largest absolute Gasteiger partial charge is 0.337 e. The standard InChI is InChI=1S/C21H17ClN2OS/c1-13-8-9-17-15(10-13)19-16(20(22)23-17)11-18(26-19)21(25)24(2)12-14-6-4-3-5-7-14/h3-11H,12H2,1-2H3. The molecule has 26 heavy (non-hydrogen) atoms. The van der Waals surface area contributed by atoms with Gasteiger partial charge in [-0.15, -0.1) is 11.3 Å². The monoisotopic (exact) mass is 380 g/mol. The SMILES string of the molecule is Cc1ccc2nc(Cl)c3cc(C(=O)N(C)Cc4ccccc4)sc3c2c1. The number of rotatable bonds is 3. The fourth-order valence-corrected chi connectivity index (χ4v) is 4.54. The molecule has 0 saturated heterocycles. The van der Waals surface area contributed by atoms with Gasteiger partial charge in [-0.25, -0.2) is 4.98 Å². The molecule has 0 aliphatic heterocycles. The molecule has 0 aliphatic carbocycles. The van der Waals surface area contributed by atoms with Crippen molar-refractivity contribution in [2.24, 2.45) is 0 Å². The van der Waals surface area contributed by atoms with Gasteiger partial charge in [0.05, 0.1) is 10.4 Å². The number of carbonyl (C=O) groups excluding carboxylic acids is 1. The second-order valence-electron chi connectivity index (χ2n) is 6.42. The summed E-state index contributed by atoms with van der Waals surface area (Å²) in [6.45, 7) is 2.62. The molecule has 0 N–H and O–H groups in total. The van der Waals surface area contributed by atoms with Crippen molar-refractivity contribution in [1.29, 1.82) is 0 Å². The number of pyridine rings is 1. The summed E-state index contributed by atoms with van der Waals surface area (Å²) in [6, 6.07) is 17.9. The first kappa shape index (κ1) is 17.0. The summed E-state index contributed by atoms with van der Waals surface area (Å²) in [4.78, 5) is 19.8. The molecule has 4 aromatic rings. The number of halogens is 1. The number of amides is 1. The Kier molecular flexibility index (Phi) is 4.39. The van der Waals surface area contributed by atoms with Crippen molar-refractivity contribution < 1.29 is 4.79 Å². The third-order valence-corrected chi connectivity index (χ3v) is 5.83. The van der Waals surface area contributed by atoms with Crippen molar-refractivity contribution in [3.63, 3.8) is 0 Å². The Bertz CT molecular complexity index is 1120. The minimum atomic E-state index is -0.00748. The zero-order chi connectivity index (χ0) is 18.3. The van der Waals surface area contributed by atoms with Crippen LogP contribution in [0.3, 0.4) is 0 Å². The van der Waals surface area contributed by atoms with Gasteiger partial charge in [-0.05, 0) is 30.7 Å². The molecule has 2 aromatic heterocycles. The Morgan fingerprint density at radius 1 is 1.12 bits per heavy atom. The number of benzene rings is 2. The fourth-order valence-electron chi connectivity index (χ4n) is 3.06. The van der Waals surface area contributed by atoms with Crippen LogP contribution in [0.2, 0.25) is 5.15 Å². The zero-order valence-corrected chi connectivity index (χ0v) is 16.1. The van der Waals surface area contributed by atoms with Crippen LogP contribution in [0.5, 0.6) is 0 Å². The Hall–Kier alpha value is -2.43. The molecule has 0 bridgehead atoms. The van der Waals surface area contributed by atoms with Gasteiger partial charge in [-0.3, -0.25) is 4.79 Å². The second kappa shape index (κ2) is 6.71. The highest BCUT2D eigenvalue weighted by molar-refractivity contribution is 7.21. The van der Waals surface area contributed by atoms with Gasteiger partial charge in [0.1, 0.15) is 5.15 Å². The summed E-state index contributed by atoms with van der Waals surface area (Å²) in [7, 11) is 1.82. The molecule has 4 rings (SSSR count). The van der Waals surface area contributed by atoms with E-state index in [1.54, 1.807) is 4.90 Å². The highest BCUT2D eigenvalue weighted by Gasteiger charge is 2.18. The molecule has 0 fully saturated rings. The van der Waals surface area contributed by atoms with Crippen molar-refractivity contribution >= 4 is 49.8 Å². The summed E-state index contributed by atoms with van der Waals surface area (Å²) in [5.74, 6) is -0.00748. The van der Waals surface area contributed by atoms with Crippen LogP contribution < -0.4 is 0 Å². The van der Waals surface area contributed by atoms with Crippen LogP contribution in [-0.4, -0.2) is 22.8 Å². The van der Waals surface area contributed by atoms with Crippen LogP contribution in [0.1, 0.15) is 20.8 Å². The van der Waals surface area contributed by atoms with Gasteiger partial charge in [0.2, 0.25) is 0 Å². The number of hydrogen-bond donors (Lipinski definition) is 0. The highest BCUT2D eigenvalue weighted by atomic mass is 35.5. The number of thiophene rings is 1. The first-order valence-corrected chi connectivity index (χ1v) is 9.51. The van der Waals surface area contributed by atoms with E-state index in [0.29, 0.717) is 16.6 Å². The highest BCUT2D eigenvalue weighted by Crippen LogP contribution is 2.36. The summed E-state index contributed by atoms with van der Waals surface area (Å²) < 4.78 is 1.01. The lowest BCUT2D eigenvalue weighted by atomic mass is 10.1. The molecule has 5 heteroatoms. The van der Waals surface area contributed by atoms with E-state index in [9.17, 15) is 4.79 Å². The number of fused-ring (bicyclic) bond motifs is 3. The normalized spacial score (nSPS) is 11.2. The van der Waals surface area contributed by atoms with Crippen molar-refractivity contribution in [2.45, 2.75) is 13.5 Å². The second-order valence-corrected chi connectivity index (χ2v) is 7.83. The maximum Gasteiger partial charge on any atom is 0.264 e. The first-order valence-electron chi connectivity index (χ1n) is 8.32. The lowest BCUT2D eigenvalue weighted by molar-refractivity contribution is 0.0790. The number of carbonyl (C=O) groups is 1. The molecule has 1 amide bonds. The molecule has 2 heterocycles. The number of hydrogen-bond acceptors (Lipinski definition) is 3. The summed E-state index contributed by atoms with van der Waals surface area (Å²) in [5.41, 5.74) is 3.11. The Morgan fingerprint density at radius 2 is 1.88 bits per heavy atom. The van der Waals surface area contributed by atoms with E-state index in [0.717, 1.165) is 32.1 Å². The minimum Gasteiger partial charge on any atom is -0.337 e. The first-order chi connectivity index (χ1) is 12.5. The van der Waals surface area contributed by atoms with Gasteiger partial charge in [-0.2, -0.15) is 0 Å². The van der Waals surface area contributed by atoms with Crippen LogP contribution in [0.15, 0.2) is 54.6 Å². The van der Waals surface area contributed by atoms with E-state index in [1.807, 2.05) is 62.5 Å². The predicted octanol–water partition coefficient (Wildman–Crippen LogP) is 5.68. The van der Waals surface area contributed by atoms with Gasteiger partial charge in [0, 0.05) is 29.1 Å². The molecular formula is C21H17ClN2OS. The fraction of sp³-hybridized carbons (Fsp3) is 0.143. The van der Waals surface area contributed by atoms with Crippen molar-refractivity contribution in [3.8, 4) is 0 Å². The maximum atomic E-state index is 12.9. The Balaban J connectivity index is 1.75. The van der Waals surface area contributed by atoms with Gasteiger partial charge in [0.15, 0.2) is 0 Å². The maximum absolute atomic E-state index is 12.9. The van der Waals surface area contributed by atoms with Crippen molar-refractivity contribution in [3.05, 3.63) is 75.8 Å². The van der Waals surface area contributed by atoms with Gasteiger partial charge >= 0.3 is 0 Å². The topological polar surface area (TPSA) is 33.2 Å². The number of nitrogens with zero attached hydrogens (tertiary/aromatic N) is 2. The molecule has 3 nitrogen and oxygen atoms in total. The van der Waals surface area contributed by atoms with E-state index in [-0.39, 0.29) is 5.91 Å². The van der Waals surface area contributed by atoms with Crippen LogP contribution in [-0.2, 0) is 6.54 Å². The molecule has 0 aliphatic rings. The minimum absolute atomic E-state index is 0.00748. The summed E-state index contributed by atoms with van der Waals surface area (Å²) >= 11 is 7.85. The van der Waals surface area contributed by atoms with E-state index in [1.165, 1.54) is 11.3 Å². The molecule has 0 radical (unpaired) electrons. The van der Waals surface area contributed by atoms with Crippen LogP contribution >= 0.6 is 22.9 Å². The average Bonchev–Trinajstić information content (AvgIpc) is 3.09. The lowest BCUT2D eigenvalue weighted by Crippen LogP contribution is -2.25. The van der Waals surface area contributed by atoms with Crippen LogP contribution in [0, 0.1) is 6.92 Å². The summed E-state index contributed by atoms with van der Waals surface area (Å²) in [5, 5.41) is 2.32. The van der Waals surface area contributed by atoms with Gasteiger partial charge < -0.3 is 4.90 Å². The zero-order valence-electron chi connectivity index (χ0n) is 14.5. The third kappa shape index (κ3) is 3.06. The quantitative estimate of drug-likeness (QED) is 0.428. The predicted molar refractivity (Wildman–Crippen MR) is 109 cm³/mol. The van der Waals surface area contributed by atoms with Crippen LogP contribution in [0.4, 0.5) is 0 Å². The van der Waals surface area contributed by atoms with E-state index < -0.39 is 0 Å². The smallest absolute Gasteiger partial charge is 0.264 e. The molecule has 0 unspecified atom stereocenters. The summed E-state index contributed by atoms with van der Waals surface area (Å²) in [6.07, 6.45) is 0. The number of aryl methyl sites for hydroxylation is 1.